The second-order valence-corrected chi connectivity index (χ2v) is 14.6. The minimum absolute atomic E-state index is 0.295. The van der Waals surface area contributed by atoms with Crippen molar-refractivity contribution >= 4 is 43.6 Å². The Labute approximate surface area is 310 Å². The topological polar surface area (TPSA) is 28.3 Å². The van der Waals surface area contributed by atoms with Crippen LogP contribution in [0.5, 0.6) is 23.0 Å². The maximum Gasteiger partial charge on any atom is 0.134 e. The molecule has 7 aromatic carbocycles. The van der Waals surface area contributed by atoms with Crippen LogP contribution >= 0.6 is 0 Å². The third-order valence-electron chi connectivity index (χ3n) is 10.5. The molecule has 0 fully saturated rings. The van der Waals surface area contributed by atoms with Crippen LogP contribution in [0.2, 0.25) is 0 Å². The van der Waals surface area contributed by atoms with E-state index in [2.05, 4.69) is 177 Å². The van der Waals surface area contributed by atoms with Crippen molar-refractivity contribution < 1.29 is 9.47 Å². The van der Waals surface area contributed by atoms with E-state index in [1.54, 1.807) is 0 Å². The first-order valence-corrected chi connectivity index (χ1v) is 18.6. The van der Waals surface area contributed by atoms with Gasteiger partial charge in [-0.25, -0.2) is 0 Å². The van der Waals surface area contributed by atoms with E-state index >= 15 is 0 Å². The van der Waals surface area contributed by atoms with Gasteiger partial charge in [0.25, 0.3) is 0 Å². The molecule has 0 spiro atoms. The van der Waals surface area contributed by atoms with Crippen molar-refractivity contribution in [3.05, 3.63) is 168 Å². The van der Waals surface area contributed by atoms with Gasteiger partial charge in [-0.2, -0.15) is 0 Å². The number of aromatic nitrogens is 2. The molecule has 0 bridgehead atoms. The molecule has 2 heterocycles. The highest BCUT2D eigenvalue weighted by Crippen LogP contribution is 2.43. The Kier molecular flexibility index (Phi) is 8.04. The summed E-state index contributed by atoms with van der Waals surface area (Å²) < 4.78 is 18.4. The molecule has 0 atom stereocenters. The van der Waals surface area contributed by atoms with Crippen molar-refractivity contribution in [2.45, 2.75) is 46.5 Å². The highest BCUT2D eigenvalue weighted by atomic mass is 16.5. The summed E-state index contributed by atoms with van der Waals surface area (Å²) in [5, 5.41) is 5.03. The lowest BCUT2D eigenvalue weighted by Gasteiger charge is -2.17. The predicted molar refractivity (Wildman–Crippen MR) is 221 cm³/mol. The van der Waals surface area contributed by atoms with Gasteiger partial charge in [0.1, 0.15) is 23.0 Å². The Morgan fingerprint density at radius 2 is 0.811 bits per heavy atom. The van der Waals surface area contributed by atoms with Gasteiger partial charge < -0.3 is 18.6 Å². The molecule has 4 nitrogen and oxygen atoms in total. The molecule has 0 aliphatic rings. The molecule has 9 rings (SSSR count). The van der Waals surface area contributed by atoms with Crippen LogP contribution in [0.3, 0.4) is 0 Å². The van der Waals surface area contributed by atoms with Crippen molar-refractivity contribution in [1.82, 2.24) is 9.13 Å². The quantitative estimate of drug-likeness (QED) is 0.159. The number of ether oxygens (including phenoxy) is 2. The summed E-state index contributed by atoms with van der Waals surface area (Å²) in [6, 6.07) is 53.4. The largest absolute Gasteiger partial charge is 0.457 e. The van der Waals surface area contributed by atoms with Crippen molar-refractivity contribution in [3.8, 4) is 34.4 Å². The summed E-state index contributed by atoms with van der Waals surface area (Å²) in [6.45, 7) is 11.1. The molecule has 0 N–H and O–H groups in total. The van der Waals surface area contributed by atoms with E-state index in [4.69, 9.17) is 9.47 Å². The number of fused-ring (bicyclic) bond motifs is 6. The highest BCUT2D eigenvalue weighted by molar-refractivity contribution is 6.12. The predicted octanol–water partition coefficient (Wildman–Crippen LogP) is 14.0. The van der Waals surface area contributed by atoms with E-state index in [0.717, 1.165) is 51.0 Å². The van der Waals surface area contributed by atoms with Crippen LogP contribution in [0.1, 0.15) is 56.2 Å². The number of benzene rings is 7. The zero-order valence-electron chi connectivity index (χ0n) is 30.8. The molecule has 4 heteroatoms. The molecule has 0 aliphatic heterocycles. The Hall–Kier alpha value is -6.26. The molecule has 2 aromatic heterocycles. The maximum absolute atomic E-state index is 6.82. The maximum atomic E-state index is 6.82. The van der Waals surface area contributed by atoms with Crippen LogP contribution in [0.4, 0.5) is 0 Å². The summed E-state index contributed by atoms with van der Waals surface area (Å²) in [5.41, 5.74) is 10.3. The summed E-state index contributed by atoms with van der Waals surface area (Å²) >= 11 is 0. The Bertz CT molecular complexity index is 2600. The zero-order valence-corrected chi connectivity index (χ0v) is 30.8. The van der Waals surface area contributed by atoms with Crippen LogP contribution in [0, 0.1) is 6.92 Å². The molecular formula is C49H42N2O2. The van der Waals surface area contributed by atoms with Gasteiger partial charge in [-0.1, -0.05) is 107 Å². The first kappa shape index (κ1) is 32.6. The third kappa shape index (κ3) is 5.53. The van der Waals surface area contributed by atoms with Gasteiger partial charge in [-0.05, 0) is 90.6 Å². The Morgan fingerprint density at radius 1 is 0.415 bits per heavy atom. The standard InChI is InChI=1S/C49H42N2O2/c1-31(2)40-27-36(29-44-48(40)38-21-12-14-23-42(38)50(44)34-17-8-6-9-18-34)52-46-25-16-26-47(33(46)5)53-37-28-41(32(3)4)49-39-22-13-15-24-43(39)51(45(49)30-37)35-19-10-7-11-20-35/h6-32H,1-5H3. The minimum atomic E-state index is 0.295. The van der Waals surface area contributed by atoms with Crippen molar-refractivity contribution in [2.75, 3.05) is 0 Å². The van der Waals surface area contributed by atoms with Crippen LogP contribution in [-0.4, -0.2) is 9.13 Å². The molecule has 53 heavy (non-hydrogen) atoms. The van der Waals surface area contributed by atoms with Gasteiger partial charge in [0, 0.05) is 50.6 Å². The summed E-state index contributed by atoms with van der Waals surface area (Å²) in [7, 11) is 0. The third-order valence-corrected chi connectivity index (χ3v) is 10.5. The van der Waals surface area contributed by atoms with Crippen LogP contribution < -0.4 is 9.47 Å². The molecular weight excluding hydrogens is 649 g/mol. The molecule has 0 saturated carbocycles. The van der Waals surface area contributed by atoms with Crippen molar-refractivity contribution in [3.63, 3.8) is 0 Å². The first-order chi connectivity index (χ1) is 25.9. The van der Waals surface area contributed by atoms with E-state index in [1.165, 1.54) is 43.7 Å². The number of para-hydroxylation sites is 4. The lowest BCUT2D eigenvalue weighted by molar-refractivity contribution is 0.453. The average Bonchev–Trinajstić information content (AvgIpc) is 3.69. The zero-order chi connectivity index (χ0) is 36.2. The summed E-state index contributed by atoms with van der Waals surface area (Å²) in [5.74, 6) is 3.73. The second-order valence-electron chi connectivity index (χ2n) is 14.6. The summed E-state index contributed by atoms with van der Waals surface area (Å²) in [4.78, 5) is 0. The normalized spacial score (nSPS) is 11.8. The van der Waals surface area contributed by atoms with E-state index in [1.807, 2.05) is 18.2 Å². The smallest absolute Gasteiger partial charge is 0.134 e. The monoisotopic (exact) mass is 690 g/mol. The highest BCUT2D eigenvalue weighted by Gasteiger charge is 2.21. The van der Waals surface area contributed by atoms with Crippen LogP contribution in [0.15, 0.2) is 152 Å². The molecule has 0 radical (unpaired) electrons. The SMILES string of the molecule is Cc1c(Oc2cc(C(C)C)c3c4ccccc4n(-c4ccccc4)c3c2)cccc1Oc1cc(C(C)C)c2c3ccccc3n(-c3ccccc3)c2c1. The lowest BCUT2D eigenvalue weighted by atomic mass is 9.96. The number of nitrogens with zero attached hydrogens (tertiary/aromatic N) is 2. The summed E-state index contributed by atoms with van der Waals surface area (Å²) in [6.07, 6.45) is 0. The van der Waals surface area contributed by atoms with Crippen LogP contribution in [-0.2, 0) is 0 Å². The molecule has 0 aliphatic carbocycles. The van der Waals surface area contributed by atoms with Gasteiger partial charge in [-0.15, -0.1) is 0 Å². The fraction of sp³-hybridized carbons (Fsp3) is 0.143. The second kappa shape index (κ2) is 13.1. The van der Waals surface area contributed by atoms with Gasteiger partial charge in [0.15, 0.2) is 0 Å². The van der Waals surface area contributed by atoms with Gasteiger partial charge in [0.2, 0.25) is 0 Å². The Morgan fingerprint density at radius 3 is 1.23 bits per heavy atom. The van der Waals surface area contributed by atoms with Gasteiger partial charge in [0.05, 0.1) is 22.1 Å². The first-order valence-electron chi connectivity index (χ1n) is 18.6. The number of hydrogen-bond donors (Lipinski definition) is 0. The van der Waals surface area contributed by atoms with E-state index in [-0.39, 0.29) is 0 Å². The van der Waals surface area contributed by atoms with E-state index < -0.39 is 0 Å². The minimum Gasteiger partial charge on any atom is -0.457 e. The molecule has 260 valence electrons. The fourth-order valence-corrected chi connectivity index (χ4v) is 8.01. The molecule has 0 unspecified atom stereocenters. The van der Waals surface area contributed by atoms with Crippen molar-refractivity contribution in [2.24, 2.45) is 0 Å². The van der Waals surface area contributed by atoms with Gasteiger partial charge in [-0.3, -0.25) is 0 Å². The molecule has 9 aromatic rings. The molecule has 0 saturated heterocycles. The van der Waals surface area contributed by atoms with Crippen LogP contribution in [0.25, 0.3) is 55.0 Å². The number of rotatable bonds is 8. The van der Waals surface area contributed by atoms with E-state index in [0.29, 0.717) is 11.8 Å². The van der Waals surface area contributed by atoms with E-state index in [9.17, 15) is 0 Å². The van der Waals surface area contributed by atoms with Gasteiger partial charge >= 0.3 is 0 Å². The lowest BCUT2D eigenvalue weighted by Crippen LogP contribution is -1.98. The average molecular weight is 691 g/mol. The fourth-order valence-electron chi connectivity index (χ4n) is 8.01. The molecule has 0 amide bonds. The Balaban J connectivity index is 1.15. The number of hydrogen-bond acceptors (Lipinski definition) is 2. The van der Waals surface area contributed by atoms with Crippen molar-refractivity contribution in [1.29, 1.82) is 0 Å².